The van der Waals surface area contributed by atoms with Crippen molar-refractivity contribution in [3.8, 4) is 11.5 Å². The van der Waals surface area contributed by atoms with Gasteiger partial charge in [-0.25, -0.2) is 22.4 Å². The summed E-state index contributed by atoms with van der Waals surface area (Å²) in [7, 11) is -18.5. The number of amides is 1. The minimum absolute atomic E-state index is 0.0640. The Bertz CT molecular complexity index is 2380. The summed E-state index contributed by atoms with van der Waals surface area (Å²) in [4.78, 5) is 49.5. The van der Waals surface area contributed by atoms with Crippen molar-refractivity contribution in [3.63, 3.8) is 0 Å². The molecule has 302 valence electrons. The number of aliphatic carboxylic acids is 2. The average Bonchev–Trinajstić information content (AvgIpc) is 3.33. The molecule has 2 aliphatic heterocycles. The van der Waals surface area contributed by atoms with E-state index in [9.17, 15) is 62.4 Å². The lowest BCUT2D eigenvalue weighted by atomic mass is 9.78. The van der Waals surface area contributed by atoms with Gasteiger partial charge in [0.2, 0.25) is 11.5 Å². The van der Waals surface area contributed by atoms with Crippen molar-refractivity contribution in [2.45, 2.75) is 29.7 Å². The molecule has 5 rings (SSSR count). The summed E-state index contributed by atoms with van der Waals surface area (Å²) in [6, 6.07) is 2.19. The van der Waals surface area contributed by atoms with Gasteiger partial charge in [0.15, 0.2) is 28.9 Å². The normalized spacial score (nSPS) is 15.7. The molecule has 0 unspecified atom stereocenters. The Hall–Kier alpha value is -5.44. The van der Waals surface area contributed by atoms with Gasteiger partial charge in [-0.2, -0.15) is 43.2 Å². The van der Waals surface area contributed by atoms with E-state index in [-0.39, 0.29) is 17.0 Å². The van der Waals surface area contributed by atoms with Crippen LogP contribution in [-0.4, -0.2) is 87.9 Å². The summed E-state index contributed by atoms with van der Waals surface area (Å²) in [5.41, 5.74) is -20.0. The van der Waals surface area contributed by atoms with Crippen LogP contribution >= 0.6 is 0 Å². The monoisotopic (exact) mass is 869 g/mol. The number of fused-ring (bicyclic) bond motifs is 6. The van der Waals surface area contributed by atoms with E-state index in [4.69, 9.17) is 14.9 Å². The van der Waals surface area contributed by atoms with E-state index in [2.05, 4.69) is 8.37 Å². The van der Waals surface area contributed by atoms with Crippen LogP contribution in [0.5, 0.6) is 11.5 Å². The lowest BCUT2D eigenvalue weighted by molar-refractivity contribution is -0.140. The standard InChI is InChI=1S/C29H17F10NO13S2Si/c1-56(2)23-13(6-15(30)21(19(23)32)52-54(47,48)28(34,35)36)27(14-7-16(31)22(20(33)24(14)56)53-55(49,50)29(37,38)39)12-4-3-10(5-11(12)26(46)51-27)25(45)40(8-17(41)42)9-18(43)44/h3-7H,8-9H2,1-2H3,(H,41,42)(H,43,44). The largest absolute Gasteiger partial charge is 0.534 e. The van der Waals surface area contributed by atoms with E-state index in [0.29, 0.717) is 12.1 Å². The molecule has 2 heterocycles. The highest BCUT2D eigenvalue weighted by molar-refractivity contribution is 7.88. The van der Waals surface area contributed by atoms with Crippen molar-refractivity contribution in [1.29, 1.82) is 0 Å². The average molecular weight is 870 g/mol. The Kier molecular flexibility index (Phi) is 9.73. The van der Waals surface area contributed by atoms with Crippen molar-refractivity contribution < 1.29 is 103 Å². The van der Waals surface area contributed by atoms with Gasteiger partial charge in [0, 0.05) is 22.3 Å². The molecule has 2 aliphatic rings. The van der Waals surface area contributed by atoms with E-state index in [1.807, 2.05) is 0 Å². The maximum absolute atomic E-state index is 16.5. The summed E-state index contributed by atoms with van der Waals surface area (Å²) in [5.74, 6) is -20.2. The first-order valence-corrected chi connectivity index (χ1v) is 20.4. The first kappa shape index (κ1) is 41.7. The van der Waals surface area contributed by atoms with Crippen molar-refractivity contribution in [3.05, 3.63) is 81.4 Å². The predicted molar refractivity (Wildman–Crippen MR) is 164 cm³/mol. The predicted octanol–water partition coefficient (Wildman–Crippen LogP) is 2.91. The number of carbonyl (C=O) groups excluding carboxylic acids is 2. The van der Waals surface area contributed by atoms with Crippen LogP contribution in [0.4, 0.5) is 43.9 Å². The van der Waals surface area contributed by atoms with Gasteiger partial charge in [-0.15, -0.1) is 0 Å². The fourth-order valence-electron chi connectivity index (χ4n) is 6.23. The SMILES string of the molecule is C[Si]1(C)c2c(cc(F)c(OS(=O)(=O)C(F)(F)F)c2F)C2(OC(=O)c3cc(C(=O)N(CC(=O)O)CC(=O)O)ccc32)c2cc(F)c(OS(=O)(=O)C(F)(F)F)c(F)c21. The molecule has 0 bridgehead atoms. The molecule has 0 saturated heterocycles. The van der Waals surface area contributed by atoms with Crippen LogP contribution in [0, 0.1) is 23.3 Å². The molecular weight excluding hydrogens is 853 g/mol. The smallest absolute Gasteiger partial charge is 0.480 e. The first-order valence-electron chi connectivity index (χ1n) is 14.6. The molecule has 1 spiro atoms. The molecule has 0 aliphatic carbocycles. The second-order valence-electron chi connectivity index (χ2n) is 12.2. The van der Waals surface area contributed by atoms with Crippen LogP contribution in [-0.2, 0) is 40.2 Å². The fourth-order valence-corrected chi connectivity index (χ4v) is 10.6. The maximum atomic E-state index is 16.5. The van der Waals surface area contributed by atoms with E-state index in [1.54, 1.807) is 0 Å². The number of hydrogen-bond acceptors (Lipinski definition) is 11. The minimum atomic E-state index is -6.87. The van der Waals surface area contributed by atoms with E-state index in [0.717, 1.165) is 19.2 Å². The Morgan fingerprint density at radius 2 is 1.16 bits per heavy atom. The lowest BCUT2D eigenvalue weighted by Crippen LogP contribution is -2.65. The van der Waals surface area contributed by atoms with Crippen LogP contribution in [0.15, 0.2) is 30.3 Å². The van der Waals surface area contributed by atoms with E-state index in [1.165, 1.54) is 0 Å². The zero-order chi connectivity index (χ0) is 42.5. The third-order valence-electron chi connectivity index (χ3n) is 8.36. The van der Waals surface area contributed by atoms with Gasteiger partial charge in [0.25, 0.3) is 5.91 Å². The molecule has 0 radical (unpaired) electrons. The Labute approximate surface area is 306 Å². The molecule has 0 atom stereocenters. The summed E-state index contributed by atoms with van der Waals surface area (Å²) in [6.07, 6.45) is 0. The van der Waals surface area contributed by atoms with Crippen LogP contribution in [0.25, 0.3) is 0 Å². The van der Waals surface area contributed by atoms with Crippen LogP contribution in [0.1, 0.15) is 37.4 Å². The van der Waals surface area contributed by atoms with Crippen molar-refractivity contribution in [2.75, 3.05) is 13.1 Å². The highest BCUT2D eigenvalue weighted by atomic mass is 32.2. The number of esters is 1. The molecule has 27 heteroatoms. The molecule has 3 aromatic rings. The molecule has 2 N–H and O–H groups in total. The number of halogens is 10. The van der Waals surface area contributed by atoms with Crippen LogP contribution < -0.4 is 18.7 Å². The number of nitrogens with zero attached hydrogens (tertiary/aromatic N) is 1. The highest BCUT2D eigenvalue weighted by Gasteiger charge is 2.60. The van der Waals surface area contributed by atoms with E-state index >= 15 is 17.6 Å². The number of carboxylic acid groups (broad SMARTS) is 2. The zero-order valence-electron chi connectivity index (χ0n) is 27.2. The summed E-state index contributed by atoms with van der Waals surface area (Å²) < 4.78 is 204. The molecule has 14 nitrogen and oxygen atoms in total. The maximum Gasteiger partial charge on any atom is 0.534 e. The fraction of sp³-hybridized carbons (Fsp3) is 0.241. The number of benzene rings is 3. The van der Waals surface area contributed by atoms with Gasteiger partial charge in [0.05, 0.1) is 5.56 Å². The Balaban J connectivity index is 1.89. The summed E-state index contributed by atoms with van der Waals surface area (Å²) >= 11 is 0. The molecule has 0 saturated carbocycles. The van der Waals surface area contributed by atoms with Gasteiger partial charge in [0.1, 0.15) is 21.2 Å². The first-order chi connectivity index (χ1) is 25.4. The van der Waals surface area contributed by atoms with Crippen molar-refractivity contribution in [1.82, 2.24) is 4.90 Å². The third-order valence-corrected chi connectivity index (χ3v) is 13.7. The lowest BCUT2D eigenvalue weighted by Gasteiger charge is -2.44. The number of carboxylic acids is 2. The topological polar surface area (TPSA) is 208 Å². The number of hydrogen-bond donors (Lipinski definition) is 2. The Morgan fingerprint density at radius 3 is 1.54 bits per heavy atom. The minimum Gasteiger partial charge on any atom is -0.480 e. The van der Waals surface area contributed by atoms with Gasteiger partial charge in [-0.3, -0.25) is 14.4 Å². The molecule has 56 heavy (non-hydrogen) atoms. The number of ether oxygens (including phenoxy) is 1. The number of alkyl halides is 6. The summed E-state index contributed by atoms with van der Waals surface area (Å²) in [5, 5.41) is 15.9. The number of carbonyl (C=O) groups is 4. The van der Waals surface area contributed by atoms with Crippen LogP contribution in [0.2, 0.25) is 13.1 Å². The molecule has 3 aromatic carbocycles. The molecule has 1 amide bonds. The summed E-state index contributed by atoms with van der Waals surface area (Å²) in [6.45, 7) is -0.723. The van der Waals surface area contributed by atoms with Gasteiger partial charge < -0.3 is 28.2 Å². The number of rotatable bonds is 9. The Morgan fingerprint density at radius 1 is 0.750 bits per heavy atom. The molecule has 0 fully saturated rings. The second-order valence-corrected chi connectivity index (χ2v) is 19.5. The molecule has 0 aromatic heterocycles. The van der Waals surface area contributed by atoms with Crippen LogP contribution in [0.3, 0.4) is 0 Å². The quantitative estimate of drug-likeness (QED) is 0.104. The highest BCUT2D eigenvalue weighted by Crippen LogP contribution is 2.51. The third kappa shape index (κ3) is 6.44. The van der Waals surface area contributed by atoms with Gasteiger partial charge >= 0.3 is 49.2 Å². The van der Waals surface area contributed by atoms with Crippen molar-refractivity contribution >= 4 is 62.5 Å². The van der Waals surface area contributed by atoms with Crippen molar-refractivity contribution in [2.24, 2.45) is 0 Å². The second kappa shape index (κ2) is 13.1. The molecular formula is C29H17F10NO13S2Si. The van der Waals surface area contributed by atoms with E-state index < -0.39 is 155 Å². The zero-order valence-corrected chi connectivity index (χ0v) is 29.9. The van der Waals surface area contributed by atoms with Gasteiger partial charge in [-0.1, -0.05) is 19.2 Å². The van der Waals surface area contributed by atoms with Gasteiger partial charge in [-0.05, 0) is 34.6 Å².